The first kappa shape index (κ1) is 17.7. The van der Waals surface area contributed by atoms with Crippen molar-refractivity contribution in [3.63, 3.8) is 0 Å². The molecule has 0 aromatic heterocycles. The van der Waals surface area contributed by atoms with Crippen LogP contribution in [0.3, 0.4) is 0 Å². The molecule has 4 amide bonds. The third-order valence-corrected chi connectivity index (χ3v) is 3.39. The maximum atomic E-state index is 12.1. The van der Waals surface area contributed by atoms with E-state index in [-0.39, 0.29) is 11.8 Å². The Morgan fingerprint density at radius 3 is 2.32 bits per heavy atom. The third-order valence-electron chi connectivity index (χ3n) is 3.39. The van der Waals surface area contributed by atoms with Crippen molar-refractivity contribution in [3.8, 4) is 0 Å². The molecule has 0 aliphatic rings. The summed E-state index contributed by atoms with van der Waals surface area (Å²) in [6.45, 7) is 5.44. The summed E-state index contributed by atoms with van der Waals surface area (Å²) < 4.78 is 0. The normalized spacial score (nSPS) is 12.9. The first-order chi connectivity index (χ1) is 10.4. The summed E-state index contributed by atoms with van der Waals surface area (Å²) in [7, 11) is 0. The number of benzene rings is 1. The molecular weight excluding hydrogens is 282 g/mol. The quantitative estimate of drug-likeness (QED) is 0.745. The van der Waals surface area contributed by atoms with Gasteiger partial charge in [-0.15, -0.1) is 0 Å². The molecule has 0 bridgehead atoms. The van der Waals surface area contributed by atoms with Gasteiger partial charge in [0.05, 0.1) is 0 Å². The van der Waals surface area contributed by atoms with Crippen LogP contribution in [0, 0.1) is 5.92 Å². The molecule has 0 unspecified atom stereocenters. The standard InChI is InChI=1S/C16H23N3O3/c1-4-11(2)14(18-12(3)20)15(21)19-16(22)17-10-13-8-6-5-7-9-13/h5-9,11,14H,4,10H2,1-3H3,(H,18,20)(H2,17,19,21,22)/t11-,14-/m0/s1. The number of carbonyl (C=O) groups excluding carboxylic acids is 3. The van der Waals surface area contributed by atoms with E-state index in [9.17, 15) is 14.4 Å². The minimum absolute atomic E-state index is 0.0641. The van der Waals surface area contributed by atoms with E-state index in [0.29, 0.717) is 13.0 Å². The van der Waals surface area contributed by atoms with Gasteiger partial charge in [0.25, 0.3) is 5.91 Å². The van der Waals surface area contributed by atoms with E-state index < -0.39 is 18.0 Å². The number of imide groups is 1. The van der Waals surface area contributed by atoms with Crippen molar-refractivity contribution in [2.45, 2.75) is 39.8 Å². The molecule has 0 fully saturated rings. The Bertz CT molecular complexity index is 517. The average Bonchev–Trinajstić information content (AvgIpc) is 2.50. The van der Waals surface area contributed by atoms with Crippen molar-refractivity contribution in [2.24, 2.45) is 5.92 Å². The van der Waals surface area contributed by atoms with Gasteiger partial charge in [-0.25, -0.2) is 4.79 Å². The van der Waals surface area contributed by atoms with Crippen molar-refractivity contribution in [1.29, 1.82) is 0 Å². The summed E-state index contributed by atoms with van der Waals surface area (Å²) in [6, 6.07) is 8.09. The Hall–Kier alpha value is -2.37. The lowest BCUT2D eigenvalue weighted by Crippen LogP contribution is -2.52. The zero-order valence-corrected chi connectivity index (χ0v) is 13.2. The number of hydrogen-bond donors (Lipinski definition) is 3. The number of hydrogen-bond acceptors (Lipinski definition) is 3. The zero-order valence-electron chi connectivity index (χ0n) is 13.2. The average molecular weight is 305 g/mol. The van der Waals surface area contributed by atoms with Crippen LogP contribution in [0.5, 0.6) is 0 Å². The van der Waals surface area contributed by atoms with Crippen LogP contribution >= 0.6 is 0 Å². The molecule has 0 radical (unpaired) electrons. The van der Waals surface area contributed by atoms with Gasteiger partial charge in [0.2, 0.25) is 5.91 Å². The van der Waals surface area contributed by atoms with Crippen LogP contribution in [0.4, 0.5) is 4.79 Å². The lowest BCUT2D eigenvalue weighted by atomic mass is 9.98. The van der Waals surface area contributed by atoms with Gasteiger partial charge in [0, 0.05) is 13.5 Å². The second kappa shape index (κ2) is 8.81. The Kier molecular flexibility index (Phi) is 7.08. The SMILES string of the molecule is CC[C@H](C)[C@H](NC(C)=O)C(=O)NC(=O)NCc1ccccc1. The molecule has 0 heterocycles. The summed E-state index contributed by atoms with van der Waals surface area (Å²) in [6.07, 6.45) is 0.712. The fraction of sp³-hybridized carbons (Fsp3) is 0.438. The van der Waals surface area contributed by atoms with E-state index in [4.69, 9.17) is 0 Å². The van der Waals surface area contributed by atoms with E-state index in [1.165, 1.54) is 6.92 Å². The molecule has 22 heavy (non-hydrogen) atoms. The van der Waals surface area contributed by atoms with Crippen LogP contribution in [0.1, 0.15) is 32.8 Å². The summed E-state index contributed by atoms with van der Waals surface area (Å²) in [5.74, 6) is -0.869. The summed E-state index contributed by atoms with van der Waals surface area (Å²) in [5, 5.41) is 7.46. The Morgan fingerprint density at radius 2 is 1.77 bits per heavy atom. The maximum absolute atomic E-state index is 12.1. The molecule has 0 spiro atoms. The Morgan fingerprint density at radius 1 is 1.14 bits per heavy atom. The van der Waals surface area contributed by atoms with Gasteiger partial charge < -0.3 is 10.6 Å². The highest BCUT2D eigenvalue weighted by Gasteiger charge is 2.26. The summed E-state index contributed by atoms with van der Waals surface area (Å²) in [5.41, 5.74) is 0.936. The van der Waals surface area contributed by atoms with E-state index in [1.807, 2.05) is 44.2 Å². The number of amides is 4. The molecule has 0 aliphatic heterocycles. The molecule has 3 N–H and O–H groups in total. The summed E-state index contributed by atoms with van der Waals surface area (Å²) >= 11 is 0. The summed E-state index contributed by atoms with van der Waals surface area (Å²) in [4.78, 5) is 35.1. The molecule has 1 rings (SSSR count). The van der Waals surface area contributed by atoms with Crippen molar-refractivity contribution in [3.05, 3.63) is 35.9 Å². The zero-order chi connectivity index (χ0) is 16.5. The van der Waals surface area contributed by atoms with Crippen molar-refractivity contribution < 1.29 is 14.4 Å². The number of urea groups is 1. The lowest BCUT2D eigenvalue weighted by molar-refractivity contribution is -0.128. The van der Waals surface area contributed by atoms with E-state index in [2.05, 4.69) is 16.0 Å². The van der Waals surface area contributed by atoms with Crippen LogP contribution in [0.2, 0.25) is 0 Å². The Labute approximate surface area is 130 Å². The van der Waals surface area contributed by atoms with Gasteiger partial charge >= 0.3 is 6.03 Å². The predicted molar refractivity (Wildman–Crippen MR) is 83.9 cm³/mol. The molecule has 0 aliphatic carbocycles. The molecule has 1 aromatic rings. The van der Waals surface area contributed by atoms with Crippen LogP contribution in [0.15, 0.2) is 30.3 Å². The fourth-order valence-corrected chi connectivity index (χ4v) is 1.93. The third kappa shape index (κ3) is 5.95. The van der Waals surface area contributed by atoms with Gasteiger partial charge in [-0.3, -0.25) is 14.9 Å². The molecule has 6 nitrogen and oxygen atoms in total. The number of nitrogens with one attached hydrogen (secondary N) is 3. The molecule has 120 valence electrons. The second-order valence-corrected chi connectivity index (χ2v) is 5.22. The lowest BCUT2D eigenvalue weighted by Gasteiger charge is -2.22. The largest absolute Gasteiger partial charge is 0.344 e. The van der Waals surface area contributed by atoms with Crippen LogP contribution < -0.4 is 16.0 Å². The van der Waals surface area contributed by atoms with Crippen molar-refractivity contribution >= 4 is 17.8 Å². The van der Waals surface area contributed by atoms with Gasteiger partial charge in [0.15, 0.2) is 0 Å². The van der Waals surface area contributed by atoms with Crippen molar-refractivity contribution in [2.75, 3.05) is 0 Å². The van der Waals surface area contributed by atoms with E-state index in [1.54, 1.807) is 0 Å². The predicted octanol–water partition coefficient (Wildman–Crippen LogP) is 1.56. The first-order valence-corrected chi connectivity index (χ1v) is 7.33. The number of rotatable bonds is 6. The van der Waals surface area contributed by atoms with E-state index in [0.717, 1.165) is 5.56 Å². The highest BCUT2D eigenvalue weighted by molar-refractivity contribution is 5.98. The van der Waals surface area contributed by atoms with E-state index >= 15 is 0 Å². The minimum Gasteiger partial charge on any atom is -0.344 e. The molecule has 1 aromatic carbocycles. The van der Waals surface area contributed by atoms with Crippen LogP contribution in [0.25, 0.3) is 0 Å². The van der Waals surface area contributed by atoms with Gasteiger partial charge in [-0.1, -0.05) is 50.6 Å². The van der Waals surface area contributed by atoms with Crippen LogP contribution in [-0.4, -0.2) is 23.9 Å². The fourth-order valence-electron chi connectivity index (χ4n) is 1.93. The monoisotopic (exact) mass is 305 g/mol. The highest BCUT2D eigenvalue weighted by atomic mass is 16.2. The molecule has 2 atom stereocenters. The maximum Gasteiger partial charge on any atom is 0.321 e. The Balaban J connectivity index is 2.53. The smallest absolute Gasteiger partial charge is 0.321 e. The molecule has 6 heteroatoms. The van der Waals surface area contributed by atoms with Crippen LogP contribution in [-0.2, 0) is 16.1 Å². The van der Waals surface area contributed by atoms with Gasteiger partial charge in [0.1, 0.15) is 6.04 Å². The van der Waals surface area contributed by atoms with Gasteiger partial charge in [-0.2, -0.15) is 0 Å². The first-order valence-electron chi connectivity index (χ1n) is 7.33. The second-order valence-electron chi connectivity index (χ2n) is 5.22. The van der Waals surface area contributed by atoms with Crippen molar-refractivity contribution in [1.82, 2.24) is 16.0 Å². The number of carbonyl (C=O) groups is 3. The van der Waals surface area contributed by atoms with Gasteiger partial charge in [-0.05, 0) is 11.5 Å². The minimum atomic E-state index is -0.718. The molecular formula is C16H23N3O3. The topological polar surface area (TPSA) is 87.3 Å². The molecule has 0 saturated heterocycles. The molecule has 0 saturated carbocycles. The highest BCUT2D eigenvalue weighted by Crippen LogP contribution is 2.08.